The van der Waals surface area contributed by atoms with Crippen LogP contribution in [-0.4, -0.2) is 33.0 Å². The number of unbranched alkanes of at least 4 members (excludes halogenated alkanes) is 1. The summed E-state index contributed by atoms with van der Waals surface area (Å²) in [5.41, 5.74) is 0.168. The Bertz CT molecular complexity index is 877. The molecule has 2 atom stereocenters. The number of benzene rings is 2. The second-order valence-corrected chi connectivity index (χ2v) is 7.76. The standard InChI is InChI=1S/C25H29F3O3/c1-3-4-5-13-30-19-8-9-21(23(26)15-19)22-11-10-20(24(27)25(22)28)17-6-7-18(31-16-17)12-14-29-2/h3,8-11,15,17-18H,1,4-7,12-14,16H2,2H3. The van der Waals surface area contributed by atoms with Gasteiger partial charge in [-0.1, -0.05) is 18.2 Å². The molecule has 0 bridgehead atoms. The third-order valence-electron chi connectivity index (χ3n) is 5.62. The van der Waals surface area contributed by atoms with Crippen LogP contribution in [0.2, 0.25) is 0 Å². The molecule has 168 valence electrons. The summed E-state index contributed by atoms with van der Waals surface area (Å²) in [6, 6.07) is 7.15. The van der Waals surface area contributed by atoms with Crippen molar-refractivity contribution >= 4 is 0 Å². The van der Waals surface area contributed by atoms with Crippen molar-refractivity contribution < 1.29 is 27.4 Å². The predicted octanol–water partition coefficient (Wildman–Crippen LogP) is 6.42. The zero-order valence-corrected chi connectivity index (χ0v) is 17.8. The number of allylic oxidation sites excluding steroid dienone is 1. The molecule has 1 heterocycles. The monoisotopic (exact) mass is 434 g/mol. The van der Waals surface area contributed by atoms with Gasteiger partial charge in [-0.15, -0.1) is 6.58 Å². The number of ether oxygens (including phenoxy) is 3. The van der Waals surface area contributed by atoms with E-state index < -0.39 is 17.5 Å². The average Bonchev–Trinajstić information content (AvgIpc) is 2.78. The molecule has 1 aliphatic rings. The summed E-state index contributed by atoms with van der Waals surface area (Å²) in [6.07, 6.45) is 5.69. The number of rotatable bonds is 10. The maximum atomic E-state index is 14.9. The highest BCUT2D eigenvalue weighted by Gasteiger charge is 2.27. The lowest BCUT2D eigenvalue weighted by atomic mass is 9.89. The first-order valence-electron chi connectivity index (χ1n) is 10.7. The molecule has 1 saturated heterocycles. The SMILES string of the molecule is C=CCCCOc1ccc(-c2ccc(C3CCC(CCOC)OC3)c(F)c2F)c(F)c1. The van der Waals surface area contributed by atoms with Crippen molar-refractivity contribution in [2.45, 2.75) is 44.1 Å². The van der Waals surface area contributed by atoms with E-state index in [1.807, 2.05) is 0 Å². The lowest BCUT2D eigenvalue weighted by Crippen LogP contribution is -2.26. The molecular formula is C25H29F3O3. The Morgan fingerprint density at radius 2 is 1.87 bits per heavy atom. The van der Waals surface area contributed by atoms with E-state index in [0.717, 1.165) is 25.7 Å². The molecule has 0 spiro atoms. The highest BCUT2D eigenvalue weighted by atomic mass is 19.2. The van der Waals surface area contributed by atoms with Crippen LogP contribution < -0.4 is 4.74 Å². The average molecular weight is 434 g/mol. The van der Waals surface area contributed by atoms with Crippen LogP contribution in [0.3, 0.4) is 0 Å². The Hall–Kier alpha value is -2.31. The Morgan fingerprint density at radius 1 is 1.06 bits per heavy atom. The summed E-state index contributed by atoms with van der Waals surface area (Å²) in [5.74, 6) is -2.51. The highest BCUT2D eigenvalue weighted by Crippen LogP contribution is 2.36. The second kappa shape index (κ2) is 11.3. The van der Waals surface area contributed by atoms with Gasteiger partial charge >= 0.3 is 0 Å². The first kappa shape index (κ1) is 23.4. The van der Waals surface area contributed by atoms with Crippen LogP contribution in [0.15, 0.2) is 43.0 Å². The molecule has 1 fully saturated rings. The van der Waals surface area contributed by atoms with Crippen LogP contribution in [0.5, 0.6) is 5.75 Å². The van der Waals surface area contributed by atoms with E-state index in [1.54, 1.807) is 19.3 Å². The van der Waals surface area contributed by atoms with Crippen molar-refractivity contribution in [1.82, 2.24) is 0 Å². The summed E-state index contributed by atoms with van der Waals surface area (Å²) >= 11 is 0. The van der Waals surface area contributed by atoms with Gasteiger partial charge in [0.25, 0.3) is 0 Å². The minimum Gasteiger partial charge on any atom is -0.493 e. The zero-order valence-electron chi connectivity index (χ0n) is 17.8. The smallest absolute Gasteiger partial charge is 0.167 e. The summed E-state index contributed by atoms with van der Waals surface area (Å²) in [5, 5.41) is 0. The lowest BCUT2D eigenvalue weighted by Gasteiger charge is -2.29. The number of methoxy groups -OCH3 is 1. The van der Waals surface area contributed by atoms with Gasteiger partial charge in [0.05, 0.1) is 19.3 Å². The summed E-state index contributed by atoms with van der Waals surface area (Å²) in [7, 11) is 1.64. The van der Waals surface area contributed by atoms with E-state index in [-0.39, 0.29) is 28.7 Å². The van der Waals surface area contributed by atoms with Crippen LogP contribution in [0, 0.1) is 17.5 Å². The van der Waals surface area contributed by atoms with Crippen LogP contribution in [-0.2, 0) is 9.47 Å². The maximum absolute atomic E-state index is 14.9. The van der Waals surface area contributed by atoms with Crippen LogP contribution >= 0.6 is 0 Å². The highest BCUT2D eigenvalue weighted by molar-refractivity contribution is 5.66. The van der Waals surface area contributed by atoms with Gasteiger partial charge in [-0.05, 0) is 49.8 Å². The van der Waals surface area contributed by atoms with Gasteiger partial charge in [0.2, 0.25) is 0 Å². The zero-order chi connectivity index (χ0) is 22.2. The van der Waals surface area contributed by atoms with E-state index in [9.17, 15) is 13.2 Å². The molecule has 0 N–H and O–H groups in total. The van der Waals surface area contributed by atoms with Gasteiger partial charge in [-0.3, -0.25) is 0 Å². The van der Waals surface area contributed by atoms with Crippen LogP contribution in [0.4, 0.5) is 13.2 Å². The Kier molecular flexibility index (Phi) is 8.55. The molecule has 0 aromatic heterocycles. The second-order valence-electron chi connectivity index (χ2n) is 7.76. The maximum Gasteiger partial charge on any atom is 0.167 e. The van der Waals surface area contributed by atoms with Crippen LogP contribution in [0.1, 0.15) is 43.6 Å². The molecule has 2 aromatic carbocycles. The van der Waals surface area contributed by atoms with E-state index in [2.05, 4.69) is 6.58 Å². The van der Waals surface area contributed by atoms with Gasteiger partial charge in [0.1, 0.15) is 11.6 Å². The van der Waals surface area contributed by atoms with Crippen molar-refractivity contribution in [2.75, 3.05) is 26.9 Å². The third kappa shape index (κ3) is 5.89. The number of halogens is 3. The molecule has 0 amide bonds. The topological polar surface area (TPSA) is 27.7 Å². The first-order valence-corrected chi connectivity index (χ1v) is 10.7. The summed E-state index contributed by atoms with van der Waals surface area (Å²) in [4.78, 5) is 0. The van der Waals surface area contributed by atoms with Crippen molar-refractivity contribution in [2.24, 2.45) is 0 Å². The minimum absolute atomic E-state index is 0.000848. The minimum atomic E-state index is -1.04. The Morgan fingerprint density at radius 3 is 2.55 bits per heavy atom. The van der Waals surface area contributed by atoms with Gasteiger partial charge in [-0.25, -0.2) is 13.2 Å². The van der Waals surface area contributed by atoms with E-state index in [0.29, 0.717) is 32.0 Å². The fourth-order valence-electron chi connectivity index (χ4n) is 3.84. The first-order chi connectivity index (χ1) is 15.0. The Balaban J connectivity index is 1.71. The fourth-order valence-corrected chi connectivity index (χ4v) is 3.84. The van der Waals surface area contributed by atoms with Crippen LogP contribution in [0.25, 0.3) is 11.1 Å². The third-order valence-corrected chi connectivity index (χ3v) is 5.62. The molecule has 0 aliphatic carbocycles. The lowest BCUT2D eigenvalue weighted by molar-refractivity contribution is -0.0134. The predicted molar refractivity (Wildman–Crippen MR) is 115 cm³/mol. The largest absolute Gasteiger partial charge is 0.493 e. The molecule has 0 radical (unpaired) electrons. The molecular weight excluding hydrogens is 405 g/mol. The quantitative estimate of drug-likeness (QED) is 0.319. The summed E-state index contributed by atoms with van der Waals surface area (Å²) < 4.78 is 60.7. The van der Waals surface area contributed by atoms with E-state index in [1.165, 1.54) is 24.3 Å². The number of hydrogen-bond donors (Lipinski definition) is 0. The molecule has 0 saturated carbocycles. The molecule has 6 heteroatoms. The summed E-state index contributed by atoms with van der Waals surface area (Å²) in [6.45, 7) is 5.00. The molecule has 2 aromatic rings. The van der Waals surface area contributed by atoms with Crippen molar-refractivity contribution in [3.8, 4) is 16.9 Å². The molecule has 31 heavy (non-hydrogen) atoms. The molecule has 3 nitrogen and oxygen atoms in total. The van der Waals surface area contributed by atoms with Gasteiger partial charge < -0.3 is 14.2 Å². The van der Waals surface area contributed by atoms with Crippen molar-refractivity contribution in [3.63, 3.8) is 0 Å². The van der Waals surface area contributed by atoms with Gasteiger partial charge in [0.15, 0.2) is 11.6 Å². The van der Waals surface area contributed by atoms with Crippen molar-refractivity contribution in [3.05, 3.63) is 66.0 Å². The van der Waals surface area contributed by atoms with E-state index in [4.69, 9.17) is 14.2 Å². The molecule has 2 unspecified atom stereocenters. The normalized spacial score (nSPS) is 18.7. The number of hydrogen-bond acceptors (Lipinski definition) is 3. The molecule has 1 aliphatic heterocycles. The van der Waals surface area contributed by atoms with Crippen molar-refractivity contribution in [1.29, 1.82) is 0 Å². The Labute approximate surface area is 181 Å². The molecule has 3 rings (SSSR count). The van der Waals surface area contributed by atoms with Gasteiger partial charge in [-0.2, -0.15) is 0 Å². The van der Waals surface area contributed by atoms with E-state index >= 15 is 0 Å². The van der Waals surface area contributed by atoms with Gasteiger partial charge in [0, 0.05) is 36.8 Å². The fraction of sp³-hybridized carbons (Fsp3) is 0.440.